The van der Waals surface area contributed by atoms with Gasteiger partial charge in [-0.2, -0.15) is 0 Å². The molecule has 0 atom stereocenters. The Balaban J connectivity index is 1.88. The standard InChI is InChI=1S/C17H17N3O3S2/c1-11-7-8-14-15(9-11)24-17(18-14)19-16(21)12-5-4-6-13(10-12)25(22,23)20(2)3/h4-10H,1-3H3,(H,18,19,21). The highest BCUT2D eigenvalue weighted by atomic mass is 32.2. The quantitative estimate of drug-likeness (QED) is 0.760. The van der Waals surface area contributed by atoms with Gasteiger partial charge >= 0.3 is 0 Å². The van der Waals surface area contributed by atoms with Gasteiger partial charge in [-0.15, -0.1) is 0 Å². The summed E-state index contributed by atoms with van der Waals surface area (Å²) in [6, 6.07) is 11.8. The number of nitrogens with zero attached hydrogens (tertiary/aromatic N) is 2. The average Bonchev–Trinajstić information content (AvgIpc) is 2.96. The van der Waals surface area contributed by atoms with Gasteiger partial charge in [-0.3, -0.25) is 10.1 Å². The number of aryl methyl sites for hydroxylation is 1. The van der Waals surface area contributed by atoms with Crippen LogP contribution in [0, 0.1) is 6.92 Å². The molecular formula is C17H17N3O3S2. The fourth-order valence-corrected chi connectivity index (χ4v) is 4.17. The van der Waals surface area contributed by atoms with E-state index >= 15 is 0 Å². The van der Waals surface area contributed by atoms with E-state index < -0.39 is 15.9 Å². The number of carbonyl (C=O) groups excluding carboxylic acids is 1. The van der Waals surface area contributed by atoms with E-state index in [4.69, 9.17) is 0 Å². The van der Waals surface area contributed by atoms with Gasteiger partial charge in [0.05, 0.1) is 15.1 Å². The highest BCUT2D eigenvalue weighted by Crippen LogP contribution is 2.27. The lowest BCUT2D eigenvalue weighted by atomic mass is 10.2. The normalized spacial score (nSPS) is 11.8. The van der Waals surface area contributed by atoms with Crippen LogP contribution in [0.1, 0.15) is 15.9 Å². The van der Waals surface area contributed by atoms with E-state index in [0.29, 0.717) is 5.13 Å². The zero-order valence-electron chi connectivity index (χ0n) is 14.0. The fraction of sp³-hybridized carbons (Fsp3) is 0.176. The minimum Gasteiger partial charge on any atom is -0.298 e. The highest BCUT2D eigenvalue weighted by Gasteiger charge is 2.19. The minimum atomic E-state index is -3.59. The Morgan fingerprint density at radius 2 is 1.92 bits per heavy atom. The number of thiazole rings is 1. The van der Waals surface area contributed by atoms with Crippen LogP contribution in [0.5, 0.6) is 0 Å². The number of anilines is 1. The third-order valence-corrected chi connectivity index (χ3v) is 6.38. The Kier molecular flexibility index (Phi) is 4.59. The number of amides is 1. The summed E-state index contributed by atoms with van der Waals surface area (Å²) in [7, 11) is -0.692. The Morgan fingerprint density at radius 3 is 2.64 bits per heavy atom. The van der Waals surface area contributed by atoms with E-state index in [0.717, 1.165) is 20.1 Å². The van der Waals surface area contributed by atoms with Crippen molar-refractivity contribution in [3.05, 3.63) is 53.6 Å². The maximum Gasteiger partial charge on any atom is 0.257 e. The van der Waals surface area contributed by atoms with Gasteiger partial charge in [0.15, 0.2) is 5.13 Å². The number of fused-ring (bicyclic) bond motifs is 1. The summed E-state index contributed by atoms with van der Waals surface area (Å²) >= 11 is 1.38. The molecule has 0 saturated heterocycles. The van der Waals surface area contributed by atoms with Gasteiger partial charge < -0.3 is 0 Å². The van der Waals surface area contributed by atoms with Crippen molar-refractivity contribution in [1.82, 2.24) is 9.29 Å². The third kappa shape index (κ3) is 3.55. The molecule has 0 aliphatic heterocycles. The summed E-state index contributed by atoms with van der Waals surface area (Å²) in [5.74, 6) is -0.397. The van der Waals surface area contributed by atoms with Gasteiger partial charge in [0.25, 0.3) is 5.91 Å². The molecule has 6 nitrogen and oxygen atoms in total. The van der Waals surface area contributed by atoms with Crippen molar-refractivity contribution < 1.29 is 13.2 Å². The SMILES string of the molecule is Cc1ccc2nc(NC(=O)c3cccc(S(=O)(=O)N(C)C)c3)sc2c1. The molecule has 0 fully saturated rings. The summed E-state index contributed by atoms with van der Waals surface area (Å²) < 4.78 is 26.5. The van der Waals surface area contributed by atoms with Gasteiger partial charge in [-0.05, 0) is 42.8 Å². The number of carbonyl (C=O) groups is 1. The third-order valence-electron chi connectivity index (χ3n) is 3.64. The van der Waals surface area contributed by atoms with E-state index in [1.54, 1.807) is 12.1 Å². The smallest absolute Gasteiger partial charge is 0.257 e. The number of hydrogen-bond donors (Lipinski definition) is 1. The highest BCUT2D eigenvalue weighted by molar-refractivity contribution is 7.89. The van der Waals surface area contributed by atoms with Crippen molar-refractivity contribution in [3.63, 3.8) is 0 Å². The molecule has 1 heterocycles. The van der Waals surface area contributed by atoms with Crippen LogP contribution in [0.25, 0.3) is 10.2 Å². The lowest BCUT2D eigenvalue weighted by molar-refractivity contribution is 0.102. The molecule has 130 valence electrons. The number of aromatic nitrogens is 1. The van der Waals surface area contributed by atoms with Gasteiger partial charge in [0.2, 0.25) is 10.0 Å². The Labute approximate surface area is 150 Å². The first kappa shape index (κ1) is 17.5. The molecule has 1 amide bonds. The molecule has 3 aromatic rings. The van der Waals surface area contributed by atoms with Crippen molar-refractivity contribution in [1.29, 1.82) is 0 Å². The van der Waals surface area contributed by atoms with E-state index in [-0.39, 0.29) is 10.5 Å². The number of sulfonamides is 1. The van der Waals surface area contributed by atoms with Crippen LogP contribution in [0.2, 0.25) is 0 Å². The van der Waals surface area contributed by atoms with Crippen LogP contribution >= 0.6 is 11.3 Å². The molecule has 0 saturated carbocycles. The molecule has 0 aliphatic carbocycles. The molecule has 1 aromatic heterocycles. The van der Waals surface area contributed by atoms with Crippen LogP contribution < -0.4 is 5.32 Å². The van der Waals surface area contributed by atoms with Gasteiger partial charge in [-0.1, -0.05) is 23.5 Å². The van der Waals surface area contributed by atoms with Crippen molar-refractivity contribution in [3.8, 4) is 0 Å². The Morgan fingerprint density at radius 1 is 1.16 bits per heavy atom. The topological polar surface area (TPSA) is 79.4 Å². The molecule has 1 N–H and O–H groups in total. The zero-order chi connectivity index (χ0) is 18.2. The summed E-state index contributed by atoms with van der Waals surface area (Å²) in [5.41, 5.74) is 2.20. The number of hydrogen-bond acceptors (Lipinski definition) is 5. The maximum atomic E-state index is 12.5. The van der Waals surface area contributed by atoms with Crippen LogP contribution in [-0.2, 0) is 10.0 Å². The molecule has 25 heavy (non-hydrogen) atoms. The Bertz CT molecular complexity index is 1060. The molecule has 0 spiro atoms. The number of benzene rings is 2. The largest absolute Gasteiger partial charge is 0.298 e. The Hall–Kier alpha value is -2.29. The first-order chi connectivity index (χ1) is 11.8. The van der Waals surface area contributed by atoms with E-state index in [2.05, 4.69) is 10.3 Å². The first-order valence-corrected chi connectivity index (χ1v) is 9.74. The van der Waals surface area contributed by atoms with E-state index in [9.17, 15) is 13.2 Å². The lowest BCUT2D eigenvalue weighted by Crippen LogP contribution is -2.22. The van der Waals surface area contributed by atoms with Crippen LogP contribution in [0.4, 0.5) is 5.13 Å². The molecule has 0 bridgehead atoms. The molecule has 0 radical (unpaired) electrons. The van der Waals surface area contributed by atoms with Crippen molar-refractivity contribution >= 4 is 42.6 Å². The van der Waals surface area contributed by atoms with Gasteiger partial charge in [0.1, 0.15) is 0 Å². The second-order valence-corrected chi connectivity index (χ2v) is 8.94. The fourth-order valence-electron chi connectivity index (χ4n) is 2.26. The van der Waals surface area contributed by atoms with Crippen LogP contribution in [0.3, 0.4) is 0 Å². The summed E-state index contributed by atoms with van der Waals surface area (Å²) in [4.78, 5) is 16.9. The predicted molar refractivity (Wildman–Crippen MR) is 99.6 cm³/mol. The van der Waals surface area contributed by atoms with Gasteiger partial charge in [-0.25, -0.2) is 17.7 Å². The average molecular weight is 375 g/mol. The van der Waals surface area contributed by atoms with Gasteiger partial charge in [0, 0.05) is 19.7 Å². The van der Waals surface area contributed by atoms with E-state index in [1.807, 2.05) is 25.1 Å². The molecule has 3 rings (SSSR count). The molecular weight excluding hydrogens is 358 g/mol. The monoisotopic (exact) mass is 375 g/mol. The zero-order valence-corrected chi connectivity index (χ0v) is 15.6. The predicted octanol–water partition coefficient (Wildman–Crippen LogP) is 3.11. The van der Waals surface area contributed by atoms with E-state index in [1.165, 1.54) is 37.6 Å². The van der Waals surface area contributed by atoms with Crippen LogP contribution in [0.15, 0.2) is 47.4 Å². The molecule has 0 unspecified atom stereocenters. The summed E-state index contributed by atoms with van der Waals surface area (Å²) in [5, 5.41) is 3.21. The number of nitrogens with one attached hydrogen (secondary N) is 1. The maximum absolute atomic E-state index is 12.5. The van der Waals surface area contributed by atoms with Crippen molar-refractivity contribution in [2.75, 3.05) is 19.4 Å². The minimum absolute atomic E-state index is 0.0741. The lowest BCUT2D eigenvalue weighted by Gasteiger charge is -2.12. The number of rotatable bonds is 4. The van der Waals surface area contributed by atoms with Crippen molar-refractivity contribution in [2.45, 2.75) is 11.8 Å². The summed E-state index contributed by atoms with van der Waals surface area (Å²) in [6.07, 6.45) is 0. The summed E-state index contributed by atoms with van der Waals surface area (Å²) in [6.45, 7) is 1.99. The first-order valence-electron chi connectivity index (χ1n) is 7.48. The van der Waals surface area contributed by atoms with Crippen molar-refractivity contribution in [2.24, 2.45) is 0 Å². The van der Waals surface area contributed by atoms with Crippen LogP contribution in [-0.4, -0.2) is 37.7 Å². The molecule has 2 aromatic carbocycles. The second-order valence-electron chi connectivity index (χ2n) is 5.76. The molecule has 8 heteroatoms. The second kappa shape index (κ2) is 6.55. The molecule has 0 aliphatic rings.